The lowest BCUT2D eigenvalue weighted by Crippen LogP contribution is -2.49. The van der Waals surface area contributed by atoms with Gasteiger partial charge in [0.2, 0.25) is 11.8 Å². The van der Waals surface area contributed by atoms with Gasteiger partial charge in [0.1, 0.15) is 0 Å². The molecule has 6 nitrogen and oxygen atoms in total. The van der Waals surface area contributed by atoms with Gasteiger partial charge >= 0.3 is 6.03 Å². The van der Waals surface area contributed by atoms with Crippen LogP contribution in [0.5, 0.6) is 0 Å². The van der Waals surface area contributed by atoms with Crippen LogP contribution < -0.4 is 5.32 Å². The second kappa shape index (κ2) is 6.03. The number of likely N-dealkylation sites (tertiary alicyclic amines) is 1. The zero-order valence-corrected chi connectivity index (χ0v) is 12.3. The van der Waals surface area contributed by atoms with E-state index < -0.39 is 0 Å². The summed E-state index contributed by atoms with van der Waals surface area (Å²) in [5.41, 5.74) is 0. The third-order valence-corrected chi connectivity index (χ3v) is 5.00. The van der Waals surface area contributed by atoms with Crippen molar-refractivity contribution in [3.05, 3.63) is 0 Å². The molecule has 6 heteroatoms. The average Bonchev–Trinajstić information content (AvgIpc) is 3.09. The van der Waals surface area contributed by atoms with Crippen LogP contribution >= 0.6 is 0 Å². The highest BCUT2D eigenvalue weighted by molar-refractivity contribution is 6.02. The topological polar surface area (TPSA) is 69.7 Å². The third kappa shape index (κ3) is 3.04. The van der Waals surface area contributed by atoms with Crippen LogP contribution in [0.25, 0.3) is 0 Å². The van der Waals surface area contributed by atoms with Crippen LogP contribution in [-0.4, -0.2) is 53.3 Å². The van der Waals surface area contributed by atoms with Gasteiger partial charge in [-0.25, -0.2) is 4.79 Å². The highest BCUT2D eigenvalue weighted by Gasteiger charge is 2.37. The molecule has 2 aliphatic heterocycles. The SMILES string of the molecule is O=C(CC1CCCC1)N1CCC(N2C(=O)CNC2=O)CC1. The first kappa shape index (κ1) is 14.4. The van der Waals surface area contributed by atoms with E-state index in [2.05, 4.69) is 5.32 Å². The van der Waals surface area contributed by atoms with Gasteiger partial charge in [-0.3, -0.25) is 14.5 Å². The predicted molar refractivity (Wildman–Crippen MR) is 76.4 cm³/mol. The van der Waals surface area contributed by atoms with Crippen LogP contribution in [0.1, 0.15) is 44.9 Å². The first-order valence-corrected chi connectivity index (χ1v) is 8.03. The van der Waals surface area contributed by atoms with Crippen molar-refractivity contribution in [1.82, 2.24) is 15.1 Å². The molecule has 1 aliphatic carbocycles. The zero-order valence-electron chi connectivity index (χ0n) is 12.3. The molecule has 2 heterocycles. The fraction of sp³-hybridized carbons (Fsp3) is 0.800. The van der Waals surface area contributed by atoms with E-state index in [1.165, 1.54) is 30.6 Å². The van der Waals surface area contributed by atoms with E-state index in [0.29, 0.717) is 38.3 Å². The maximum absolute atomic E-state index is 12.3. The maximum Gasteiger partial charge on any atom is 0.324 e. The molecule has 0 bridgehead atoms. The Labute approximate surface area is 124 Å². The molecule has 0 spiro atoms. The maximum atomic E-state index is 12.3. The van der Waals surface area contributed by atoms with E-state index in [0.717, 1.165) is 0 Å². The predicted octanol–water partition coefficient (Wildman–Crippen LogP) is 1.11. The van der Waals surface area contributed by atoms with E-state index >= 15 is 0 Å². The first-order valence-electron chi connectivity index (χ1n) is 8.03. The molecule has 3 rings (SSSR count). The summed E-state index contributed by atoms with van der Waals surface area (Å²) < 4.78 is 0. The van der Waals surface area contributed by atoms with Crippen LogP contribution in [0.3, 0.4) is 0 Å². The van der Waals surface area contributed by atoms with Gasteiger partial charge in [-0.15, -0.1) is 0 Å². The smallest absolute Gasteiger partial charge is 0.324 e. The second-order valence-electron chi connectivity index (χ2n) is 6.39. The lowest BCUT2D eigenvalue weighted by molar-refractivity contribution is -0.134. The highest BCUT2D eigenvalue weighted by Crippen LogP contribution is 2.29. The highest BCUT2D eigenvalue weighted by atomic mass is 16.2. The van der Waals surface area contributed by atoms with Crippen molar-refractivity contribution in [3.63, 3.8) is 0 Å². The van der Waals surface area contributed by atoms with E-state index in [1.807, 2.05) is 4.90 Å². The lowest BCUT2D eigenvalue weighted by Gasteiger charge is -2.35. The van der Waals surface area contributed by atoms with Crippen molar-refractivity contribution in [3.8, 4) is 0 Å². The molecular weight excluding hydrogens is 270 g/mol. The number of carbonyl (C=O) groups is 3. The number of nitrogens with one attached hydrogen (secondary N) is 1. The molecule has 0 aromatic rings. The second-order valence-corrected chi connectivity index (χ2v) is 6.39. The number of hydrogen-bond acceptors (Lipinski definition) is 3. The summed E-state index contributed by atoms with van der Waals surface area (Å²) in [5.74, 6) is 0.675. The summed E-state index contributed by atoms with van der Waals surface area (Å²) in [4.78, 5) is 38.9. The summed E-state index contributed by atoms with van der Waals surface area (Å²) in [6.45, 7) is 1.43. The normalized spacial score (nSPS) is 24.8. The van der Waals surface area contributed by atoms with Crippen molar-refractivity contribution >= 4 is 17.8 Å². The van der Waals surface area contributed by atoms with Crippen molar-refractivity contribution in [2.24, 2.45) is 5.92 Å². The van der Waals surface area contributed by atoms with Crippen LogP contribution in [0.15, 0.2) is 0 Å². The van der Waals surface area contributed by atoms with Gasteiger partial charge in [-0.2, -0.15) is 0 Å². The zero-order chi connectivity index (χ0) is 14.8. The number of amides is 4. The largest absolute Gasteiger partial charge is 0.343 e. The Morgan fingerprint density at radius 1 is 1.10 bits per heavy atom. The van der Waals surface area contributed by atoms with Crippen molar-refractivity contribution in [2.45, 2.75) is 51.0 Å². The molecule has 1 N–H and O–H groups in total. The van der Waals surface area contributed by atoms with Crippen molar-refractivity contribution in [1.29, 1.82) is 0 Å². The number of imide groups is 1. The van der Waals surface area contributed by atoms with Gasteiger partial charge in [0, 0.05) is 25.6 Å². The fourth-order valence-corrected chi connectivity index (χ4v) is 3.77. The number of piperidine rings is 1. The quantitative estimate of drug-likeness (QED) is 0.792. The van der Waals surface area contributed by atoms with E-state index in [1.54, 1.807) is 0 Å². The van der Waals surface area contributed by atoms with Crippen molar-refractivity contribution in [2.75, 3.05) is 19.6 Å². The third-order valence-electron chi connectivity index (χ3n) is 5.00. The Hall–Kier alpha value is -1.59. The average molecular weight is 293 g/mol. The van der Waals surface area contributed by atoms with E-state index in [-0.39, 0.29) is 30.4 Å². The van der Waals surface area contributed by atoms with Crippen LogP contribution in [0.4, 0.5) is 4.79 Å². The fourth-order valence-electron chi connectivity index (χ4n) is 3.77. The van der Waals surface area contributed by atoms with E-state index in [4.69, 9.17) is 0 Å². The molecule has 116 valence electrons. The summed E-state index contributed by atoms with van der Waals surface area (Å²) in [7, 11) is 0. The number of hydrogen-bond donors (Lipinski definition) is 1. The monoisotopic (exact) mass is 293 g/mol. The molecule has 0 atom stereocenters. The Kier molecular flexibility index (Phi) is 4.12. The lowest BCUT2D eigenvalue weighted by atomic mass is 10.00. The van der Waals surface area contributed by atoms with Gasteiger partial charge in [0.05, 0.1) is 6.54 Å². The number of nitrogens with zero attached hydrogens (tertiary/aromatic N) is 2. The Bertz CT molecular complexity index is 421. The van der Waals surface area contributed by atoms with Crippen LogP contribution in [0, 0.1) is 5.92 Å². The molecule has 3 fully saturated rings. The van der Waals surface area contributed by atoms with Gasteiger partial charge in [0.25, 0.3) is 0 Å². The molecule has 3 aliphatic rings. The molecule has 0 aromatic heterocycles. The summed E-state index contributed by atoms with van der Waals surface area (Å²) in [6, 6.07) is -0.328. The Morgan fingerprint density at radius 3 is 2.33 bits per heavy atom. The minimum atomic E-state index is -0.282. The van der Waals surface area contributed by atoms with Gasteiger partial charge < -0.3 is 10.2 Å². The standard InChI is InChI=1S/C15H23N3O3/c19-13(9-11-3-1-2-4-11)17-7-5-12(6-8-17)18-14(20)10-16-15(18)21/h11-12H,1-10H2,(H,16,21). The molecule has 21 heavy (non-hydrogen) atoms. The molecule has 2 saturated heterocycles. The molecular formula is C15H23N3O3. The Balaban J connectivity index is 1.49. The minimum absolute atomic E-state index is 0.0458. The van der Waals surface area contributed by atoms with Crippen LogP contribution in [-0.2, 0) is 9.59 Å². The molecule has 0 radical (unpaired) electrons. The minimum Gasteiger partial charge on any atom is -0.343 e. The summed E-state index contributed by atoms with van der Waals surface area (Å²) >= 11 is 0. The molecule has 0 aromatic carbocycles. The molecule has 0 unspecified atom stereocenters. The van der Waals surface area contributed by atoms with Crippen LogP contribution in [0.2, 0.25) is 0 Å². The van der Waals surface area contributed by atoms with Crippen molar-refractivity contribution < 1.29 is 14.4 Å². The number of urea groups is 1. The number of carbonyl (C=O) groups excluding carboxylic acids is 3. The molecule has 4 amide bonds. The summed E-state index contributed by atoms with van der Waals surface area (Å²) in [5, 5.41) is 2.56. The Morgan fingerprint density at radius 2 is 1.76 bits per heavy atom. The number of rotatable bonds is 3. The molecule has 1 saturated carbocycles. The van der Waals surface area contributed by atoms with Gasteiger partial charge in [0.15, 0.2) is 0 Å². The first-order chi connectivity index (χ1) is 10.1. The van der Waals surface area contributed by atoms with Gasteiger partial charge in [-0.1, -0.05) is 12.8 Å². The van der Waals surface area contributed by atoms with E-state index in [9.17, 15) is 14.4 Å². The van der Waals surface area contributed by atoms with Gasteiger partial charge in [-0.05, 0) is 31.6 Å². The summed E-state index contributed by atoms with van der Waals surface area (Å²) in [6.07, 6.45) is 6.96.